The largest absolute Gasteiger partial charge is 0.467 e. The molecule has 0 spiro atoms. The maximum Gasteiger partial charge on any atom is 0.227 e. The van der Waals surface area contributed by atoms with Gasteiger partial charge in [0, 0.05) is 19.0 Å². The minimum Gasteiger partial charge on any atom is -0.467 e. The molecule has 5 heteroatoms. The number of rotatable bonds is 5. The summed E-state index contributed by atoms with van der Waals surface area (Å²) in [5, 5.41) is 10.2. The number of benzene rings is 1. The number of hydrogen-bond donors (Lipinski definition) is 1. The second-order valence-corrected chi connectivity index (χ2v) is 5.92. The first-order chi connectivity index (χ1) is 11.1. The molecule has 23 heavy (non-hydrogen) atoms. The molecule has 2 unspecified atom stereocenters. The van der Waals surface area contributed by atoms with E-state index in [1.807, 2.05) is 0 Å². The molecule has 0 saturated carbocycles. The van der Waals surface area contributed by atoms with Crippen molar-refractivity contribution in [2.45, 2.75) is 37.8 Å². The van der Waals surface area contributed by atoms with Gasteiger partial charge in [-0.15, -0.1) is 0 Å². The molecule has 1 aliphatic heterocycles. The summed E-state index contributed by atoms with van der Waals surface area (Å²) in [5.41, 5.74) is 0.412. The minimum absolute atomic E-state index is 0.0330. The van der Waals surface area contributed by atoms with Gasteiger partial charge >= 0.3 is 0 Å². The summed E-state index contributed by atoms with van der Waals surface area (Å²) < 4.78 is 18.9. The van der Waals surface area contributed by atoms with E-state index in [-0.39, 0.29) is 24.2 Å². The smallest absolute Gasteiger partial charge is 0.227 e. The Bertz CT molecular complexity index is 656. The monoisotopic (exact) mass is 317 g/mol. The molecule has 4 nitrogen and oxygen atoms in total. The Hall–Kier alpha value is -2.14. The van der Waals surface area contributed by atoms with Crippen LogP contribution in [0.4, 0.5) is 4.39 Å². The Morgan fingerprint density at radius 2 is 2.17 bits per heavy atom. The number of hydrogen-bond acceptors (Lipinski definition) is 3. The first-order valence-corrected chi connectivity index (χ1v) is 7.89. The second kappa shape index (κ2) is 6.96. The molecule has 2 heterocycles. The zero-order valence-corrected chi connectivity index (χ0v) is 12.8. The van der Waals surface area contributed by atoms with Crippen molar-refractivity contribution in [1.82, 2.24) is 4.90 Å². The predicted octanol–water partition coefficient (Wildman–Crippen LogP) is 3.08. The lowest BCUT2D eigenvalue weighted by Gasteiger charge is -2.26. The molecule has 0 bridgehead atoms. The average Bonchev–Trinajstić information content (AvgIpc) is 3.20. The minimum atomic E-state index is -0.725. The molecule has 2 atom stereocenters. The van der Waals surface area contributed by atoms with Gasteiger partial charge in [-0.1, -0.05) is 18.2 Å². The standard InChI is InChI=1S/C18H20FNO3/c19-15-7-2-1-5-13(15)11-18(22)20-9-3-6-14(20)12-16(21)17-8-4-10-23-17/h1-2,4-5,7-8,10,14,16,21H,3,6,9,11-12H2. The van der Waals surface area contributed by atoms with E-state index in [1.165, 1.54) is 12.3 Å². The van der Waals surface area contributed by atoms with Gasteiger partial charge in [-0.25, -0.2) is 4.39 Å². The SMILES string of the molecule is O=C(Cc1ccccc1F)N1CCCC1CC(O)c1ccco1. The number of aliphatic hydroxyl groups is 1. The number of halogens is 1. The van der Waals surface area contributed by atoms with Gasteiger partial charge in [-0.05, 0) is 36.6 Å². The summed E-state index contributed by atoms with van der Waals surface area (Å²) in [6, 6.07) is 9.77. The Balaban J connectivity index is 1.64. The molecular weight excluding hydrogens is 297 g/mol. The van der Waals surface area contributed by atoms with Gasteiger partial charge in [-0.2, -0.15) is 0 Å². The van der Waals surface area contributed by atoms with Gasteiger partial charge in [0.15, 0.2) is 0 Å². The van der Waals surface area contributed by atoms with Crippen LogP contribution in [-0.4, -0.2) is 28.5 Å². The number of furan rings is 1. The number of carbonyl (C=O) groups excluding carboxylic acids is 1. The van der Waals surface area contributed by atoms with E-state index in [9.17, 15) is 14.3 Å². The highest BCUT2D eigenvalue weighted by atomic mass is 19.1. The Morgan fingerprint density at radius 3 is 2.91 bits per heavy atom. The van der Waals surface area contributed by atoms with E-state index in [4.69, 9.17) is 4.42 Å². The molecule has 0 radical (unpaired) electrons. The Morgan fingerprint density at radius 1 is 1.35 bits per heavy atom. The highest BCUT2D eigenvalue weighted by molar-refractivity contribution is 5.79. The van der Waals surface area contributed by atoms with Crippen molar-refractivity contribution in [3.63, 3.8) is 0 Å². The third kappa shape index (κ3) is 3.62. The van der Waals surface area contributed by atoms with Crippen LogP contribution in [0.3, 0.4) is 0 Å². The summed E-state index contributed by atoms with van der Waals surface area (Å²) in [6.45, 7) is 0.656. The highest BCUT2D eigenvalue weighted by Gasteiger charge is 2.31. The summed E-state index contributed by atoms with van der Waals surface area (Å²) in [5.74, 6) is 0.0647. The second-order valence-electron chi connectivity index (χ2n) is 5.92. The van der Waals surface area contributed by atoms with Crippen molar-refractivity contribution in [2.75, 3.05) is 6.54 Å². The van der Waals surface area contributed by atoms with E-state index in [0.717, 1.165) is 12.8 Å². The lowest BCUT2D eigenvalue weighted by Crippen LogP contribution is -2.37. The quantitative estimate of drug-likeness (QED) is 0.922. The Labute approximate surface area is 134 Å². The maximum absolute atomic E-state index is 13.7. The van der Waals surface area contributed by atoms with Crippen LogP contribution in [0.2, 0.25) is 0 Å². The molecule has 1 aliphatic rings. The molecule has 122 valence electrons. The Kier molecular flexibility index (Phi) is 4.76. The van der Waals surface area contributed by atoms with Gasteiger partial charge in [0.05, 0.1) is 12.7 Å². The van der Waals surface area contributed by atoms with Gasteiger partial charge < -0.3 is 14.4 Å². The molecular formula is C18H20FNO3. The van der Waals surface area contributed by atoms with Crippen LogP contribution in [0.1, 0.15) is 36.7 Å². The van der Waals surface area contributed by atoms with Crippen LogP contribution in [0, 0.1) is 5.82 Å². The van der Waals surface area contributed by atoms with Gasteiger partial charge in [0.25, 0.3) is 0 Å². The van der Waals surface area contributed by atoms with E-state index >= 15 is 0 Å². The topological polar surface area (TPSA) is 53.7 Å². The van der Waals surface area contributed by atoms with Gasteiger partial charge in [0.1, 0.15) is 17.7 Å². The zero-order chi connectivity index (χ0) is 16.2. The number of likely N-dealkylation sites (tertiary alicyclic amines) is 1. The molecule has 2 aromatic rings. The van der Waals surface area contributed by atoms with Crippen molar-refractivity contribution >= 4 is 5.91 Å². The van der Waals surface area contributed by atoms with Crippen molar-refractivity contribution in [1.29, 1.82) is 0 Å². The molecule has 3 rings (SSSR count). The number of amides is 1. The van der Waals surface area contributed by atoms with Crippen LogP contribution in [0.5, 0.6) is 0 Å². The number of carbonyl (C=O) groups is 1. The molecule has 1 amide bonds. The van der Waals surface area contributed by atoms with Crippen molar-refractivity contribution < 1.29 is 18.7 Å². The van der Waals surface area contributed by atoms with Crippen molar-refractivity contribution in [2.24, 2.45) is 0 Å². The number of nitrogens with zero attached hydrogens (tertiary/aromatic N) is 1. The number of aliphatic hydroxyl groups excluding tert-OH is 1. The fourth-order valence-electron chi connectivity index (χ4n) is 3.17. The van der Waals surface area contributed by atoms with Crippen LogP contribution in [-0.2, 0) is 11.2 Å². The lowest BCUT2D eigenvalue weighted by molar-refractivity contribution is -0.131. The predicted molar refractivity (Wildman–Crippen MR) is 83.1 cm³/mol. The molecule has 1 saturated heterocycles. The molecule has 1 fully saturated rings. The first kappa shape index (κ1) is 15.7. The third-order valence-corrected chi connectivity index (χ3v) is 4.36. The van der Waals surface area contributed by atoms with Crippen LogP contribution >= 0.6 is 0 Å². The van der Waals surface area contributed by atoms with E-state index in [0.29, 0.717) is 24.3 Å². The van der Waals surface area contributed by atoms with Crippen molar-refractivity contribution in [3.05, 3.63) is 59.8 Å². The van der Waals surface area contributed by atoms with E-state index in [1.54, 1.807) is 35.2 Å². The van der Waals surface area contributed by atoms with E-state index in [2.05, 4.69) is 0 Å². The first-order valence-electron chi connectivity index (χ1n) is 7.89. The maximum atomic E-state index is 13.7. The molecule has 0 aliphatic carbocycles. The lowest BCUT2D eigenvalue weighted by atomic mass is 10.0. The zero-order valence-electron chi connectivity index (χ0n) is 12.8. The van der Waals surface area contributed by atoms with Crippen LogP contribution < -0.4 is 0 Å². The summed E-state index contributed by atoms with van der Waals surface area (Å²) in [4.78, 5) is 14.3. The summed E-state index contributed by atoms with van der Waals surface area (Å²) in [7, 11) is 0. The summed E-state index contributed by atoms with van der Waals surface area (Å²) in [6.07, 6.45) is 3.04. The van der Waals surface area contributed by atoms with E-state index < -0.39 is 6.10 Å². The fourth-order valence-corrected chi connectivity index (χ4v) is 3.17. The third-order valence-electron chi connectivity index (χ3n) is 4.36. The van der Waals surface area contributed by atoms with Crippen LogP contribution in [0.25, 0.3) is 0 Å². The average molecular weight is 317 g/mol. The normalized spacial score (nSPS) is 19.0. The summed E-state index contributed by atoms with van der Waals surface area (Å²) >= 11 is 0. The van der Waals surface area contributed by atoms with Gasteiger partial charge in [0.2, 0.25) is 5.91 Å². The van der Waals surface area contributed by atoms with Crippen LogP contribution in [0.15, 0.2) is 47.1 Å². The molecule has 1 aromatic heterocycles. The fraction of sp³-hybridized carbons (Fsp3) is 0.389. The molecule has 1 N–H and O–H groups in total. The van der Waals surface area contributed by atoms with Gasteiger partial charge in [-0.3, -0.25) is 4.79 Å². The molecule has 1 aromatic carbocycles. The highest BCUT2D eigenvalue weighted by Crippen LogP contribution is 2.28. The van der Waals surface area contributed by atoms with Crippen molar-refractivity contribution in [3.8, 4) is 0 Å².